The third kappa shape index (κ3) is 5.61. The Balaban J connectivity index is 1.84. The summed E-state index contributed by atoms with van der Waals surface area (Å²) in [5, 5.41) is 5.14. The van der Waals surface area contributed by atoms with Gasteiger partial charge in [-0.15, -0.1) is 11.8 Å². The van der Waals surface area contributed by atoms with E-state index in [0.717, 1.165) is 22.9 Å². The van der Waals surface area contributed by atoms with Crippen molar-refractivity contribution in [3.63, 3.8) is 0 Å². The first-order valence-corrected chi connectivity index (χ1v) is 11.3. The second-order valence-corrected chi connectivity index (χ2v) is 8.74. The summed E-state index contributed by atoms with van der Waals surface area (Å²) in [6.45, 7) is 2.68. The first-order chi connectivity index (χ1) is 11.5. The lowest BCUT2D eigenvalue weighted by Crippen LogP contribution is -2.16. The number of aromatic amines is 1. The molecule has 0 amide bonds. The van der Waals surface area contributed by atoms with Crippen molar-refractivity contribution < 1.29 is 8.42 Å². The molecule has 2 N–H and O–H groups in total. The summed E-state index contributed by atoms with van der Waals surface area (Å²) in [4.78, 5) is 7.59. The largest absolute Gasteiger partial charge is 0.378 e. The summed E-state index contributed by atoms with van der Waals surface area (Å²) in [5.74, 6) is 1.75. The van der Waals surface area contributed by atoms with E-state index in [2.05, 4.69) is 15.3 Å². The lowest BCUT2D eigenvalue weighted by Gasteiger charge is -2.09. The van der Waals surface area contributed by atoms with E-state index >= 15 is 0 Å². The maximum atomic E-state index is 12.3. The normalized spacial score (nSPS) is 12.3. The third-order valence-electron chi connectivity index (χ3n) is 3.28. The maximum Gasteiger partial charge on any atom is 0.202 e. The van der Waals surface area contributed by atoms with Crippen LogP contribution in [0.1, 0.15) is 11.4 Å². The van der Waals surface area contributed by atoms with Crippen molar-refractivity contribution in [2.75, 3.05) is 18.6 Å². The molecule has 8 heteroatoms. The van der Waals surface area contributed by atoms with Gasteiger partial charge < -0.3 is 10.3 Å². The van der Waals surface area contributed by atoms with Gasteiger partial charge >= 0.3 is 0 Å². The highest BCUT2D eigenvalue weighted by atomic mass is 32.2. The van der Waals surface area contributed by atoms with E-state index in [1.165, 1.54) is 17.2 Å². The molecule has 0 aliphatic heterocycles. The number of aryl methyl sites for hydroxylation is 1. The molecule has 0 atom stereocenters. The monoisotopic (exact) mass is 383 g/mol. The minimum Gasteiger partial charge on any atom is -0.378 e. The Morgan fingerprint density at radius 2 is 2.08 bits per heavy atom. The van der Waals surface area contributed by atoms with Crippen LogP contribution in [0.5, 0.6) is 0 Å². The molecule has 1 heterocycles. The van der Waals surface area contributed by atoms with Crippen LogP contribution in [0, 0.1) is 6.92 Å². The standard InChI is InChI=1S/C16H21N3O2S3/c1-13-15(19-12-18-13)10-23-9-8-17-16(22-2)11-24(20,21)14-6-4-3-5-7-14/h3-7,11-12,17H,8-10H2,1-2H3,(H,18,19). The van der Waals surface area contributed by atoms with E-state index in [0.29, 0.717) is 16.5 Å². The predicted molar refractivity (Wildman–Crippen MR) is 103 cm³/mol. The number of imidazole rings is 1. The van der Waals surface area contributed by atoms with Gasteiger partial charge in [-0.05, 0) is 25.3 Å². The van der Waals surface area contributed by atoms with Gasteiger partial charge in [0.1, 0.15) is 0 Å². The lowest BCUT2D eigenvalue weighted by molar-refractivity contribution is 0.604. The Kier molecular flexibility index (Phi) is 7.26. The van der Waals surface area contributed by atoms with Crippen LogP contribution >= 0.6 is 23.5 Å². The summed E-state index contributed by atoms with van der Waals surface area (Å²) < 4.78 is 24.7. The van der Waals surface area contributed by atoms with E-state index in [1.54, 1.807) is 48.4 Å². The van der Waals surface area contributed by atoms with Gasteiger partial charge in [0.25, 0.3) is 0 Å². The zero-order chi connectivity index (χ0) is 17.4. The number of sulfone groups is 1. The van der Waals surface area contributed by atoms with Crippen molar-refractivity contribution in [3.05, 3.63) is 58.5 Å². The number of hydrogen-bond acceptors (Lipinski definition) is 6. The van der Waals surface area contributed by atoms with Crippen LogP contribution in [0.3, 0.4) is 0 Å². The van der Waals surface area contributed by atoms with Crippen LogP contribution in [0.25, 0.3) is 0 Å². The fraction of sp³-hybridized carbons (Fsp3) is 0.312. The molecule has 1 aromatic heterocycles. The Bertz CT molecular complexity index is 771. The second-order valence-electron chi connectivity index (χ2n) is 4.99. The third-order valence-corrected chi connectivity index (χ3v) is 6.59. The maximum absolute atomic E-state index is 12.3. The van der Waals surface area contributed by atoms with Crippen molar-refractivity contribution in [2.24, 2.45) is 0 Å². The van der Waals surface area contributed by atoms with Gasteiger partial charge in [-0.3, -0.25) is 0 Å². The number of H-pyrrole nitrogens is 1. The fourth-order valence-electron chi connectivity index (χ4n) is 1.94. The molecule has 0 radical (unpaired) electrons. The summed E-state index contributed by atoms with van der Waals surface area (Å²) in [6.07, 6.45) is 3.56. The van der Waals surface area contributed by atoms with E-state index < -0.39 is 9.84 Å². The Morgan fingerprint density at radius 3 is 2.71 bits per heavy atom. The van der Waals surface area contributed by atoms with Crippen LogP contribution in [0.15, 0.2) is 52.0 Å². The minimum absolute atomic E-state index is 0.308. The van der Waals surface area contributed by atoms with E-state index in [-0.39, 0.29) is 0 Å². The summed E-state index contributed by atoms with van der Waals surface area (Å²) in [6, 6.07) is 8.45. The van der Waals surface area contributed by atoms with Crippen LogP contribution in [-0.2, 0) is 15.6 Å². The van der Waals surface area contributed by atoms with Crippen LogP contribution < -0.4 is 5.32 Å². The average Bonchev–Trinajstić information content (AvgIpc) is 2.99. The van der Waals surface area contributed by atoms with Crippen LogP contribution in [-0.4, -0.2) is 36.9 Å². The van der Waals surface area contributed by atoms with Crippen LogP contribution in [0.4, 0.5) is 0 Å². The summed E-state index contributed by atoms with van der Waals surface area (Å²) >= 11 is 3.17. The van der Waals surface area contributed by atoms with Crippen molar-refractivity contribution in [3.8, 4) is 0 Å². The first-order valence-electron chi connectivity index (χ1n) is 7.39. The quantitative estimate of drug-likeness (QED) is 0.648. The summed E-state index contributed by atoms with van der Waals surface area (Å²) in [5.41, 5.74) is 2.15. The molecule has 5 nitrogen and oxygen atoms in total. The van der Waals surface area contributed by atoms with Crippen LogP contribution in [0.2, 0.25) is 0 Å². The molecule has 0 aliphatic rings. The van der Waals surface area contributed by atoms with Crippen molar-refractivity contribution in [2.45, 2.75) is 17.6 Å². The average molecular weight is 384 g/mol. The van der Waals surface area contributed by atoms with E-state index in [9.17, 15) is 8.42 Å². The predicted octanol–water partition coefficient (Wildman–Crippen LogP) is 3.18. The SMILES string of the molecule is CSC(=CS(=O)(=O)c1ccccc1)NCCSCc1[nH]cnc1C. The lowest BCUT2D eigenvalue weighted by atomic mass is 10.4. The van der Waals surface area contributed by atoms with Crippen molar-refractivity contribution in [1.82, 2.24) is 15.3 Å². The highest BCUT2D eigenvalue weighted by Crippen LogP contribution is 2.17. The number of thioether (sulfide) groups is 2. The molecule has 0 fully saturated rings. The highest BCUT2D eigenvalue weighted by Gasteiger charge is 2.12. The summed E-state index contributed by atoms with van der Waals surface area (Å²) in [7, 11) is -3.42. The molecular formula is C16H21N3O2S3. The zero-order valence-electron chi connectivity index (χ0n) is 13.7. The fourth-order valence-corrected chi connectivity index (χ4v) is 4.87. The molecular weight excluding hydrogens is 362 g/mol. The number of nitrogens with one attached hydrogen (secondary N) is 2. The second kappa shape index (κ2) is 9.19. The molecule has 0 spiro atoms. The van der Waals surface area contributed by atoms with Crippen molar-refractivity contribution in [1.29, 1.82) is 0 Å². The molecule has 2 aromatic rings. The molecule has 0 bridgehead atoms. The van der Waals surface area contributed by atoms with Gasteiger partial charge in [-0.2, -0.15) is 11.8 Å². The van der Waals surface area contributed by atoms with Gasteiger partial charge in [0.05, 0.1) is 27.4 Å². The molecule has 0 saturated carbocycles. The molecule has 0 saturated heterocycles. The molecule has 0 unspecified atom stereocenters. The zero-order valence-corrected chi connectivity index (χ0v) is 16.1. The Morgan fingerprint density at radius 1 is 1.33 bits per heavy atom. The number of rotatable bonds is 9. The molecule has 0 aliphatic carbocycles. The number of nitrogens with zero attached hydrogens (tertiary/aromatic N) is 1. The van der Waals surface area contributed by atoms with Gasteiger partial charge in [-0.25, -0.2) is 13.4 Å². The number of benzene rings is 1. The molecule has 1 aromatic carbocycles. The minimum atomic E-state index is -3.42. The van der Waals surface area contributed by atoms with E-state index in [1.807, 2.05) is 13.2 Å². The van der Waals surface area contributed by atoms with Gasteiger partial charge in [0, 0.05) is 23.7 Å². The van der Waals surface area contributed by atoms with Gasteiger partial charge in [0.15, 0.2) is 0 Å². The highest BCUT2D eigenvalue weighted by molar-refractivity contribution is 8.03. The Hall–Kier alpha value is -1.38. The molecule has 2 rings (SSSR count). The number of hydrogen-bond donors (Lipinski definition) is 2. The molecule has 130 valence electrons. The number of aromatic nitrogens is 2. The first kappa shape index (κ1) is 19.0. The topological polar surface area (TPSA) is 74.8 Å². The van der Waals surface area contributed by atoms with Gasteiger partial charge in [-0.1, -0.05) is 18.2 Å². The Labute approximate surface area is 151 Å². The van der Waals surface area contributed by atoms with Gasteiger partial charge in [0.2, 0.25) is 9.84 Å². The van der Waals surface area contributed by atoms with Crippen molar-refractivity contribution >= 4 is 33.4 Å². The molecule has 24 heavy (non-hydrogen) atoms. The van der Waals surface area contributed by atoms with E-state index in [4.69, 9.17) is 0 Å². The smallest absolute Gasteiger partial charge is 0.202 e.